The summed E-state index contributed by atoms with van der Waals surface area (Å²) in [6.07, 6.45) is 1.60. The molecule has 3 aromatic rings. The summed E-state index contributed by atoms with van der Waals surface area (Å²) >= 11 is 0. The van der Waals surface area contributed by atoms with E-state index >= 15 is 0 Å². The number of carbonyl (C=O) groups excluding carboxylic acids is 1. The highest BCUT2D eigenvalue weighted by Crippen LogP contribution is 2.16. The number of amides is 1. The van der Waals surface area contributed by atoms with E-state index in [-0.39, 0.29) is 28.1 Å². The van der Waals surface area contributed by atoms with Gasteiger partial charge in [-0.3, -0.25) is 14.2 Å². The Labute approximate surface area is 159 Å². The van der Waals surface area contributed by atoms with Gasteiger partial charge in [-0.1, -0.05) is 12.1 Å². The second kappa shape index (κ2) is 6.83. The topological polar surface area (TPSA) is 98.1 Å². The average molecular weight is 401 g/mol. The van der Waals surface area contributed by atoms with Gasteiger partial charge < -0.3 is 5.32 Å². The molecule has 144 valence electrons. The van der Waals surface area contributed by atoms with E-state index in [9.17, 15) is 22.4 Å². The molecule has 1 atom stereocenters. The zero-order chi connectivity index (χ0) is 19.9. The maximum atomic E-state index is 14.0. The highest BCUT2D eigenvalue weighted by Gasteiger charge is 2.29. The molecule has 1 aliphatic rings. The van der Waals surface area contributed by atoms with Crippen LogP contribution in [-0.2, 0) is 9.84 Å². The fraction of sp³-hybridized carbons (Fsp3) is 0.211. The van der Waals surface area contributed by atoms with E-state index in [0.717, 1.165) is 4.57 Å². The largest absolute Gasteiger partial charge is 0.348 e. The summed E-state index contributed by atoms with van der Waals surface area (Å²) in [5.41, 5.74) is 0.201. The first-order valence-electron chi connectivity index (χ1n) is 8.62. The molecule has 2 aromatic carbocycles. The maximum absolute atomic E-state index is 14.0. The van der Waals surface area contributed by atoms with Crippen molar-refractivity contribution in [3.63, 3.8) is 0 Å². The molecule has 1 saturated heterocycles. The van der Waals surface area contributed by atoms with Gasteiger partial charge in [0, 0.05) is 11.6 Å². The number of hydrogen-bond donors (Lipinski definition) is 1. The molecule has 1 amide bonds. The molecule has 7 nitrogen and oxygen atoms in total. The summed E-state index contributed by atoms with van der Waals surface area (Å²) in [5, 5.41) is 2.94. The van der Waals surface area contributed by atoms with Crippen LogP contribution >= 0.6 is 0 Å². The van der Waals surface area contributed by atoms with Crippen LogP contribution in [0.2, 0.25) is 0 Å². The van der Waals surface area contributed by atoms with E-state index in [1.807, 2.05) is 0 Å². The Morgan fingerprint density at radius 3 is 2.71 bits per heavy atom. The number of nitrogens with one attached hydrogen (secondary N) is 1. The smallest absolute Gasteiger partial charge is 0.265 e. The lowest BCUT2D eigenvalue weighted by atomic mass is 10.1. The number of para-hydroxylation sites is 1. The molecule has 0 radical (unpaired) electrons. The lowest BCUT2D eigenvalue weighted by molar-refractivity contribution is 0.0941. The second-order valence-corrected chi connectivity index (χ2v) is 8.91. The third-order valence-electron chi connectivity index (χ3n) is 4.70. The van der Waals surface area contributed by atoms with Crippen molar-refractivity contribution in [3.05, 3.63) is 70.5 Å². The van der Waals surface area contributed by atoms with Gasteiger partial charge in [0.25, 0.3) is 11.5 Å². The van der Waals surface area contributed by atoms with Crippen LogP contribution in [0.15, 0.2) is 53.6 Å². The summed E-state index contributed by atoms with van der Waals surface area (Å²) in [6, 6.07) is 9.84. The number of fused-ring (bicyclic) bond motifs is 1. The number of hydrogen-bond acceptors (Lipinski definition) is 5. The monoisotopic (exact) mass is 401 g/mol. The van der Waals surface area contributed by atoms with Gasteiger partial charge in [-0.05, 0) is 36.8 Å². The third kappa shape index (κ3) is 3.40. The molecule has 0 aliphatic carbocycles. The van der Waals surface area contributed by atoms with Gasteiger partial charge in [0.05, 0.1) is 28.1 Å². The molecule has 0 saturated carbocycles. The van der Waals surface area contributed by atoms with Crippen LogP contribution in [0, 0.1) is 5.82 Å². The normalized spacial score (nSPS) is 18.2. The fourth-order valence-electron chi connectivity index (χ4n) is 3.26. The van der Waals surface area contributed by atoms with Gasteiger partial charge >= 0.3 is 0 Å². The minimum absolute atomic E-state index is 0.0623. The van der Waals surface area contributed by atoms with Crippen molar-refractivity contribution >= 4 is 26.6 Å². The van der Waals surface area contributed by atoms with Crippen LogP contribution in [0.1, 0.15) is 16.8 Å². The summed E-state index contributed by atoms with van der Waals surface area (Å²) in [4.78, 5) is 29.3. The predicted octanol–water partition coefficient (Wildman–Crippen LogP) is 1.44. The van der Waals surface area contributed by atoms with Gasteiger partial charge in [-0.25, -0.2) is 17.8 Å². The predicted molar refractivity (Wildman–Crippen MR) is 102 cm³/mol. The van der Waals surface area contributed by atoms with Crippen LogP contribution in [0.25, 0.3) is 16.6 Å². The van der Waals surface area contributed by atoms with E-state index in [1.54, 1.807) is 6.07 Å². The number of sulfone groups is 1. The van der Waals surface area contributed by atoms with Crippen LogP contribution in [0.3, 0.4) is 0 Å². The van der Waals surface area contributed by atoms with Crippen molar-refractivity contribution in [2.75, 3.05) is 11.5 Å². The van der Waals surface area contributed by atoms with E-state index < -0.39 is 33.2 Å². The van der Waals surface area contributed by atoms with Crippen molar-refractivity contribution < 1.29 is 17.6 Å². The van der Waals surface area contributed by atoms with Crippen molar-refractivity contribution in [2.45, 2.75) is 12.5 Å². The first-order valence-corrected chi connectivity index (χ1v) is 10.4. The van der Waals surface area contributed by atoms with Gasteiger partial charge in [0.2, 0.25) is 0 Å². The van der Waals surface area contributed by atoms with Crippen molar-refractivity contribution in [1.82, 2.24) is 14.9 Å². The lowest BCUT2D eigenvalue weighted by Gasteiger charge is -2.11. The van der Waals surface area contributed by atoms with Crippen LogP contribution in [-0.4, -0.2) is 41.4 Å². The van der Waals surface area contributed by atoms with E-state index in [4.69, 9.17) is 0 Å². The second-order valence-electron chi connectivity index (χ2n) is 6.68. The number of rotatable bonds is 3. The Bertz CT molecular complexity index is 1250. The Balaban J connectivity index is 1.65. The summed E-state index contributed by atoms with van der Waals surface area (Å²) in [7, 11) is -3.10. The standard InChI is InChI=1S/C19H16FN3O4S/c20-15-3-1-2-4-17(15)23-11-21-16-9-12(5-6-14(16)19(23)25)18(24)22-13-7-8-28(26,27)10-13/h1-6,9,11,13H,7-8,10H2,(H,22,24)/t13-/m1/s1. The average Bonchev–Trinajstić information content (AvgIpc) is 3.01. The first-order chi connectivity index (χ1) is 13.3. The zero-order valence-electron chi connectivity index (χ0n) is 14.6. The highest BCUT2D eigenvalue weighted by molar-refractivity contribution is 7.91. The molecule has 1 aliphatic heterocycles. The number of nitrogens with zero attached hydrogens (tertiary/aromatic N) is 2. The Hall–Kier alpha value is -3.07. The molecular weight excluding hydrogens is 385 g/mol. The zero-order valence-corrected chi connectivity index (χ0v) is 15.4. The van der Waals surface area contributed by atoms with Gasteiger partial charge in [0.15, 0.2) is 9.84 Å². The van der Waals surface area contributed by atoms with Crippen molar-refractivity contribution in [2.24, 2.45) is 0 Å². The van der Waals surface area contributed by atoms with Gasteiger partial charge in [-0.2, -0.15) is 0 Å². The Kier molecular flexibility index (Phi) is 4.46. The van der Waals surface area contributed by atoms with Gasteiger partial charge in [-0.15, -0.1) is 0 Å². The third-order valence-corrected chi connectivity index (χ3v) is 6.47. The van der Waals surface area contributed by atoms with E-state index in [2.05, 4.69) is 10.3 Å². The lowest BCUT2D eigenvalue weighted by Crippen LogP contribution is -2.35. The molecule has 1 fully saturated rings. The van der Waals surface area contributed by atoms with Gasteiger partial charge in [0.1, 0.15) is 12.1 Å². The molecule has 0 spiro atoms. The number of carbonyl (C=O) groups is 1. The molecule has 2 heterocycles. The number of halogens is 1. The summed E-state index contributed by atoms with van der Waals surface area (Å²) in [5.74, 6) is -0.984. The minimum atomic E-state index is -3.10. The fourth-order valence-corrected chi connectivity index (χ4v) is 4.93. The number of benzene rings is 2. The van der Waals surface area contributed by atoms with E-state index in [1.165, 1.54) is 42.7 Å². The minimum Gasteiger partial charge on any atom is -0.348 e. The molecule has 9 heteroatoms. The van der Waals surface area contributed by atoms with Crippen LogP contribution < -0.4 is 10.9 Å². The SMILES string of the molecule is O=C(N[C@@H]1CCS(=O)(=O)C1)c1ccc2c(=O)n(-c3ccccc3F)cnc2c1. The maximum Gasteiger partial charge on any atom is 0.265 e. The van der Waals surface area contributed by atoms with Crippen LogP contribution in [0.4, 0.5) is 4.39 Å². The quantitative estimate of drug-likeness (QED) is 0.716. The van der Waals surface area contributed by atoms with Crippen molar-refractivity contribution in [3.8, 4) is 5.69 Å². The van der Waals surface area contributed by atoms with Crippen LogP contribution in [0.5, 0.6) is 0 Å². The highest BCUT2D eigenvalue weighted by atomic mass is 32.2. The summed E-state index contributed by atoms with van der Waals surface area (Å²) < 4.78 is 38.1. The molecule has 0 unspecified atom stereocenters. The molecular formula is C19H16FN3O4S. The van der Waals surface area contributed by atoms with Crippen molar-refractivity contribution in [1.29, 1.82) is 0 Å². The first kappa shape index (κ1) is 18.3. The Morgan fingerprint density at radius 1 is 1.21 bits per heavy atom. The molecule has 1 N–H and O–H groups in total. The molecule has 1 aromatic heterocycles. The van der Waals surface area contributed by atoms with E-state index in [0.29, 0.717) is 11.9 Å². The molecule has 28 heavy (non-hydrogen) atoms. The molecule has 0 bridgehead atoms. The summed E-state index contributed by atoms with van der Waals surface area (Å²) in [6.45, 7) is 0. The molecule has 4 rings (SSSR count). The Morgan fingerprint density at radius 2 is 2.00 bits per heavy atom. The number of aromatic nitrogens is 2.